The quantitative estimate of drug-likeness (QED) is 0.264. The molecule has 0 N–H and O–H groups in total. The van der Waals surface area contributed by atoms with Gasteiger partial charge >= 0.3 is 0 Å². The van der Waals surface area contributed by atoms with Crippen LogP contribution in [0.25, 0.3) is 10.9 Å². The zero-order chi connectivity index (χ0) is 21.3. The highest BCUT2D eigenvalue weighted by atomic mass is 32.2. The van der Waals surface area contributed by atoms with Crippen LogP contribution in [0.5, 0.6) is 0 Å². The zero-order valence-electron chi connectivity index (χ0n) is 18.3. The second-order valence-electron chi connectivity index (χ2n) is 8.02. The van der Waals surface area contributed by atoms with Crippen molar-refractivity contribution in [1.82, 2.24) is 15.2 Å². The Morgan fingerprint density at radius 3 is 2.33 bits per heavy atom. The van der Waals surface area contributed by atoms with Gasteiger partial charge in [-0.05, 0) is 44.0 Å². The lowest BCUT2D eigenvalue weighted by Crippen LogP contribution is -1.90. The second-order valence-corrected chi connectivity index (χ2v) is 10.4. The number of nitrogens with zero attached hydrogens (tertiary/aromatic N) is 3. The molecule has 0 bridgehead atoms. The minimum absolute atomic E-state index is 0.225. The van der Waals surface area contributed by atoms with Crippen LogP contribution in [0.2, 0.25) is 0 Å². The third kappa shape index (κ3) is 6.74. The molecule has 3 nitrogen and oxygen atoms in total. The van der Waals surface area contributed by atoms with Crippen LogP contribution in [0.3, 0.4) is 0 Å². The van der Waals surface area contributed by atoms with Gasteiger partial charge in [-0.15, -0.1) is 10.2 Å². The molecule has 0 atom stereocenters. The predicted molar refractivity (Wildman–Crippen MR) is 126 cm³/mol. The fourth-order valence-corrected chi connectivity index (χ4v) is 5.64. The first-order chi connectivity index (χ1) is 14.6. The number of aryl methyl sites for hydroxylation is 3. The number of benzene rings is 1. The Morgan fingerprint density at radius 2 is 1.60 bits per heavy atom. The molecule has 162 valence electrons. The number of fused-ring (bicyclic) bond motifs is 1. The van der Waals surface area contributed by atoms with Crippen LogP contribution >= 0.6 is 23.1 Å². The van der Waals surface area contributed by atoms with E-state index in [0.717, 1.165) is 44.3 Å². The Hall–Kier alpha value is -1.53. The van der Waals surface area contributed by atoms with Gasteiger partial charge in [-0.1, -0.05) is 81.4 Å². The molecule has 30 heavy (non-hydrogen) atoms. The highest BCUT2D eigenvalue weighted by molar-refractivity contribution is 8.01. The fraction of sp³-hybridized carbons (Fsp3) is 0.542. The van der Waals surface area contributed by atoms with E-state index < -0.39 is 0 Å². The van der Waals surface area contributed by atoms with Gasteiger partial charge in [0.25, 0.3) is 0 Å². The maximum atomic E-state index is 14.6. The minimum Gasteiger partial charge on any atom is -0.253 e. The van der Waals surface area contributed by atoms with Crippen molar-refractivity contribution in [3.63, 3.8) is 0 Å². The monoisotopic (exact) mass is 445 g/mol. The Bertz CT molecular complexity index is 955. The van der Waals surface area contributed by atoms with E-state index in [1.165, 1.54) is 63.1 Å². The van der Waals surface area contributed by atoms with Crippen molar-refractivity contribution in [2.75, 3.05) is 0 Å². The van der Waals surface area contributed by atoms with Gasteiger partial charge in [0, 0.05) is 17.5 Å². The number of hydrogen-bond donors (Lipinski definition) is 0. The van der Waals surface area contributed by atoms with Crippen molar-refractivity contribution in [3.05, 3.63) is 40.3 Å². The molecule has 0 amide bonds. The molecular formula is C24H32FN3S2. The first-order valence-electron chi connectivity index (χ1n) is 11.1. The fourth-order valence-electron chi connectivity index (χ4n) is 3.70. The third-order valence-corrected chi connectivity index (χ3v) is 7.40. The molecule has 6 heteroatoms. The number of halogens is 1. The molecule has 2 heterocycles. The Labute approximate surface area is 187 Å². The molecule has 1 aromatic carbocycles. The maximum Gasteiger partial charge on any atom is 0.179 e. The highest BCUT2D eigenvalue weighted by Crippen LogP contribution is 2.35. The smallest absolute Gasteiger partial charge is 0.179 e. The standard InChI is InChI=1S/C24H32FN3S2/c1-4-5-6-7-8-9-10-11-12-13-23-27-28-24(30-23)29-22-16-21-19(15-20(22)25)17(2)14-18(3)26-21/h14-16H,4-13H2,1-3H3. The van der Waals surface area contributed by atoms with E-state index in [0.29, 0.717) is 4.90 Å². The minimum atomic E-state index is -0.225. The summed E-state index contributed by atoms with van der Waals surface area (Å²) in [5.74, 6) is -0.225. The third-order valence-electron chi connectivity index (χ3n) is 5.34. The van der Waals surface area contributed by atoms with Crippen molar-refractivity contribution in [3.8, 4) is 0 Å². The van der Waals surface area contributed by atoms with E-state index in [9.17, 15) is 4.39 Å². The van der Waals surface area contributed by atoms with Crippen LogP contribution in [0.15, 0.2) is 27.4 Å². The molecule has 0 radical (unpaired) electrons. The molecule has 0 unspecified atom stereocenters. The number of unbranched alkanes of at least 4 members (excludes halogenated alkanes) is 8. The van der Waals surface area contributed by atoms with Gasteiger partial charge in [-0.2, -0.15) is 0 Å². The topological polar surface area (TPSA) is 38.7 Å². The summed E-state index contributed by atoms with van der Waals surface area (Å²) in [6, 6.07) is 5.40. The van der Waals surface area contributed by atoms with Crippen LogP contribution < -0.4 is 0 Å². The molecule has 0 saturated carbocycles. The summed E-state index contributed by atoms with van der Waals surface area (Å²) in [6.07, 6.45) is 12.8. The van der Waals surface area contributed by atoms with E-state index >= 15 is 0 Å². The Kier molecular flexibility index (Phi) is 9.06. The van der Waals surface area contributed by atoms with Gasteiger partial charge < -0.3 is 0 Å². The maximum absolute atomic E-state index is 14.6. The molecule has 3 rings (SSSR count). The normalized spacial score (nSPS) is 11.5. The summed E-state index contributed by atoms with van der Waals surface area (Å²) in [6.45, 7) is 6.22. The van der Waals surface area contributed by atoms with E-state index in [-0.39, 0.29) is 5.82 Å². The lowest BCUT2D eigenvalue weighted by Gasteiger charge is -2.07. The van der Waals surface area contributed by atoms with Crippen molar-refractivity contribution in [2.45, 2.75) is 94.2 Å². The average Bonchev–Trinajstić information content (AvgIpc) is 3.15. The summed E-state index contributed by atoms with van der Waals surface area (Å²) in [5.41, 5.74) is 2.82. The van der Waals surface area contributed by atoms with Crippen LogP contribution in [0.4, 0.5) is 4.39 Å². The predicted octanol–water partition coefficient (Wildman–Crippen LogP) is 8.07. The van der Waals surface area contributed by atoms with Crippen LogP contribution in [-0.2, 0) is 6.42 Å². The lowest BCUT2D eigenvalue weighted by molar-refractivity contribution is 0.564. The Balaban J connectivity index is 1.48. The molecule has 2 aromatic heterocycles. The molecule has 0 fully saturated rings. The molecule has 3 aromatic rings. The van der Waals surface area contributed by atoms with E-state index in [2.05, 4.69) is 22.1 Å². The summed E-state index contributed by atoms with van der Waals surface area (Å²) in [7, 11) is 0. The molecular weight excluding hydrogens is 413 g/mol. The van der Waals surface area contributed by atoms with Gasteiger partial charge in [-0.3, -0.25) is 4.98 Å². The lowest BCUT2D eigenvalue weighted by atomic mass is 10.1. The van der Waals surface area contributed by atoms with Crippen molar-refractivity contribution >= 4 is 34.0 Å². The largest absolute Gasteiger partial charge is 0.253 e. The van der Waals surface area contributed by atoms with E-state index in [1.807, 2.05) is 26.0 Å². The first-order valence-corrected chi connectivity index (χ1v) is 12.8. The zero-order valence-corrected chi connectivity index (χ0v) is 20.0. The molecule has 0 aliphatic carbocycles. The summed E-state index contributed by atoms with van der Waals surface area (Å²) < 4.78 is 15.4. The number of rotatable bonds is 12. The molecule has 0 saturated heterocycles. The molecule has 0 aliphatic heterocycles. The van der Waals surface area contributed by atoms with E-state index in [1.54, 1.807) is 17.4 Å². The highest BCUT2D eigenvalue weighted by Gasteiger charge is 2.13. The van der Waals surface area contributed by atoms with Crippen molar-refractivity contribution < 1.29 is 4.39 Å². The second kappa shape index (κ2) is 11.8. The average molecular weight is 446 g/mol. The van der Waals surface area contributed by atoms with Crippen LogP contribution in [0.1, 0.15) is 81.0 Å². The van der Waals surface area contributed by atoms with Gasteiger partial charge in [0.1, 0.15) is 10.8 Å². The Morgan fingerprint density at radius 1 is 0.900 bits per heavy atom. The SMILES string of the molecule is CCCCCCCCCCCc1nnc(Sc2cc3nc(C)cc(C)c3cc2F)s1. The van der Waals surface area contributed by atoms with Gasteiger partial charge in [-0.25, -0.2) is 4.39 Å². The van der Waals surface area contributed by atoms with Crippen LogP contribution in [-0.4, -0.2) is 15.2 Å². The van der Waals surface area contributed by atoms with Gasteiger partial charge in [0.2, 0.25) is 0 Å². The van der Waals surface area contributed by atoms with Crippen molar-refractivity contribution in [1.29, 1.82) is 0 Å². The van der Waals surface area contributed by atoms with Gasteiger partial charge in [0.15, 0.2) is 4.34 Å². The molecule has 0 spiro atoms. The van der Waals surface area contributed by atoms with Gasteiger partial charge in [0.05, 0.1) is 10.4 Å². The summed E-state index contributed by atoms with van der Waals surface area (Å²) >= 11 is 2.93. The summed E-state index contributed by atoms with van der Waals surface area (Å²) in [4.78, 5) is 5.12. The van der Waals surface area contributed by atoms with Crippen molar-refractivity contribution in [2.24, 2.45) is 0 Å². The summed E-state index contributed by atoms with van der Waals surface area (Å²) in [5, 5.41) is 10.5. The van der Waals surface area contributed by atoms with Crippen LogP contribution in [0, 0.1) is 19.7 Å². The first kappa shape index (κ1) is 23.1. The number of aromatic nitrogens is 3. The number of hydrogen-bond acceptors (Lipinski definition) is 5. The number of pyridine rings is 1. The molecule has 0 aliphatic rings. The van der Waals surface area contributed by atoms with E-state index in [4.69, 9.17) is 0 Å².